The summed E-state index contributed by atoms with van der Waals surface area (Å²) in [6, 6.07) is 10.1. The highest BCUT2D eigenvalue weighted by atomic mass is 16.2. The molecule has 1 saturated heterocycles. The maximum Gasteiger partial charge on any atom is 0.223 e. The summed E-state index contributed by atoms with van der Waals surface area (Å²) in [7, 11) is 0. The van der Waals surface area contributed by atoms with Crippen molar-refractivity contribution in [3.63, 3.8) is 0 Å². The van der Waals surface area contributed by atoms with Gasteiger partial charge in [0.15, 0.2) is 0 Å². The summed E-state index contributed by atoms with van der Waals surface area (Å²) in [5, 5.41) is 3.26. The number of amides is 1. The van der Waals surface area contributed by atoms with Crippen LogP contribution in [0.4, 0.5) is 5.95 Å². The molecule has 1 fully saturated rings. The standard InChI is InChI=1S/C18H22N4O/c1-13-9-19-18(21-14(13)2)20-10-16-8-17(23)22(12-16)11-15-6-4-3-5-7-15/h3-7,9,16H,8,10-12H2,1-2H3,(H,19,20,21)/t16-/m0/s1. The van der Waals surface area contributed by atoms with Gasteiger partial charge in [-0.3, -0.25) is 4.79 Å². The molecule has 0 spiro atoms. The topological polar surface area (TPSA) is 58.1 Å². The Morgan fingerprint density at radius 2 is 2.04 bits per heavy atom. The second-order valence-electron chi connectivity index (χ2n) is 6.17. The highest BCUT2D eigenvalue weighted by Crippen LogP contribution is 2.20. The molecule has 0 bridgehead atoms. The van der Waals surface area contributed by atoms with Gasteiger partial charge in [-0.15, -0.1) is 0 Å². The SMILES string of the molecule is Cc1cnc(NC[C@@H]2CC(=O)N(Cc3ccccc3)C2)nc1C. The van der Waals surface area contributed by atoms with Crippen LogP contribution in [0.5, 0.6) is 0 Å². The number of likely N-dealkylation sites (tertiary alicyclic amines) is 1. The van der Waals surface area contributed by atoms with Gasteiger partial charge in [0.05, 0.1) is 0 Å². The predicted octanol–water partition coefficient (Wildman–Crippen LogP) is 2.55. The Morgan fingerprint density at radius 3 is 2.78 bits per heavy atom. The lowest BCUT2D eigenvalue weighted by Gasteiger charge is -2.17. The van der Waals surface area contributed by atoms with Crippen LogP contribution in [0.2, 0.25) is 0 Å². The average molecular weight is 310 g/mol. The fraction of sp³-hybridized carbons (Fsp3) is 0.389. The number of benzene rings is 1. The summed E-state index contributed by atoms with van der Waals surface area (Å²) in [5.74, 6) is 1.17. The Kier molecular flexibility index (Phi) is 4.55. The van der Waals surface area contributed by atoms with Gasteiger partial charge in [-0.05, 0) is 25.0 Å². The largest absolute Gasteiger partial charge is 0.354 e. The molecule has 2 heterocycles. The molecule has 1 aliphatic rings. The van der Waals surface area contributed by atoms with E-state index in [2.05, 4.69) is 27.4 Å². The van der Waals surface area contributed by atoms with Crippen molar-refractivity contribution in [1.82, 2.24) is 14.9 Å². The molecule has 0 aliphatic carbocycles. The van der Waals surface area contributed by atoms with E-state index >= 15 is 0 Å². The van der Waals surface area contributed by atoms with E-state index in [1.54, 1.807) is 0 Å². The van der Waals surface area contributed by atoms with Crippen LogP contribution in [0.1, 0.15) is 23.2 Å². The van der Waals surface area contributed by atoms with E-state index in [0.29, 0.717) is 24.8 Å². The highest BCUT2D eigenvalue weighted by molar-refractivity contribution is 5.78. The molecule has 1 atom stereocenters. The van der Waals surface area contributed by atoms with Crippen LogP contribution in [-0.4, -0.2) is 33.9 Å². The minimum Gasteiger partial charge on any atom is -0.354 e. The number of carbonyl (C=O) groups excluding carboxylic acids is 1. The van der Waals surface area contributed by atoms with Crippen molar-refractivity contribution >= 4 is 11.9 Å². The van der Waals surface area contributed by atoms with Crippen LogP contribution in [0.3, 0.4) is 0 Å². The monoisotopic (exact) mass is 310 g/mol. The van der Waals surface area contributed by atoms with E-state index in [0.717, 1.165) is 24.3 Å². The first kappa shape index (κ1) is 15.5. The van der Waals surface area contributed by atoms with E-state index in [-0.39, 0.29) is 5.91 Å². The number of rotatable bonds is 5. The molecule has 0 radical (unpaired) electrons. The van der Waals surface area contributed by atoms with E-state index in [1.165, 1.54) is 5.56 Å². The predicted molar refractivity (Wildman–Crippen MR) is 90.0 cm³/mol. The maximum atomic E-state index is 12.2. The van der Waals surface area contributed by atoms with Crippen LogP contribution in [0, 0.1) is 19.8 Å². The number of hydrogen-bond acceptors (Lipinski definition) is 4. The summed E-state index contributed by atoms with van der Waals surface area (Å²) in [4.78, 5) is 22.8. The molecule has 5 nitrogen and oxygen atoms in total. The maximum absolute atomic E-state index is 12.2. The van der Waals surface area contributed by atoms with Crippen molar-refractivity contribution < 1.29 is 4.79 Å². The molecule has 3 rings (SSSR count). The molecule has 0 saturated carbocycles. The van der Waals surface area contributed by atoms with Crippen LogP contribution < -0.4 is 5.32 Å². The summed E-state index contributed by atoms with van der Waals surface area (Å²) in [5.41, 5.74) is 3.24. The van der Waals surface area contributed by atoms with Crippen molar-refractivity contribution in [3.05, 3.63) is 53.3 Å². The van der Waals surface area contributed by atoms with Gasteiger partial charge >= 0.3 is 0 Å². The molecule has 120 valence electrons. The molecular weight excluding hydrogens is 288 g/mol. The minimum atomic E-state index is 0.224. The Labute approximate surface area is 136 Å². The van der Waals surface area contributed by atoms with E-state index in [1.807, 2.05) is 43.1 Å². The number of carbonyl (C=O) groups is 1. The molecule has 1 N–H and O–H groups in total. The number of aryl methyl sites for hydroxylation is 2. The van der Waals surface area contributed by atoms with Gasteiger partial charge in [0.2, 0.25) is 11.9 Å². The zero-order chi connectivity index (χ0) is 16.2. The molecule has 1 amide bonds. The van der Waals surface area contributed by atoms with Gasteiger partial charge in [-0.25, -0.2) is 9.97 Å². The summed E-state index contributed by atoms with van der Waals surface area (Å²) in [6.45, 7) is 6.17. The van der Waals surface area contributed by atoms with Crippen molar-refractivity contribution in [1.29, 1.82) is 0 Å². The Bertz CT molecular complexity index is 687. The first-order chi connectivity index (χ1) is 11.1. The second-order valence-corrected chi connectivity index (χ2v) is 6.17. The molecule has 1 aliphatic heterocycles. The smallest absolute Gasteiger partial charge is 0.223 e. The van der Waals surface area contributed by atoms with Crippen LogP contribution in [-0.2, 0) is 11.3 Å². The Morgan fingerprint density at radius 1 is 1.26 bits per heavy atom. The molecule has 1 aromatic carbocycles. The fourth-order valence-corrected chi connectivity index (χ4v) is 2.80. The fourth-order valence-electron chi connectivity index (χ4n) is 2.80. The molecule has 5 heteroatoms. The third kappa shape index (κ3) is 3.86. The Hall–Kier alpha value is -2.43. The number of hydrogen-bond donors (Lipinski definition) is 1. The number of aromatic nitrogens is 2. The van der Waals surface area contributed by atoms with Crippen molar-refractivity contribution in [2.45, 2.75) is 26.8 Å². The zero-order valence-electron chi connectivity index (χ0n) is 13.6. The van der Waals surface area contributed by atoms with Gasteiger partial charge < -0.3 is 10.2 Å². The quantitative estimate of drug-likeness (QED) is 0.922. The minimum absolute atomic E-state index is 0.224. The van der Waals surface area contributed by atoms with Crippen LogP contribution in [0.25, 0.3) is 0 Å². The number of anilines is 1. The third-order valence-corrected chi connectivity index (χ3v) is 4.28. The lowest BCUT2D eigenvalue weighted by molar-refractivity contribution is -0.128. The third-order valence-electron chi connectivity index (χ3n) is 4.28. The molecule has 23 heavy (non-hydrogen) atoms. The first-order valence-corrected chi connectivity index (χ1v) is 7.97. The second kappa shape index (κ2) is 6.77. The summed E-state index contributed by atoms with van der Waals surface area (Å²) < 4.78 is 0. The van der Waals surface area contributed by atoms with E-state index in [9.17, 15) is 4.79 Å². The van der Waals surface area contributed by atoms with Crippen molar-refractivity contribution in [2.75, 3.05) is 18.4 Å². The number of nitrogens with zero attached hydrogens (tertiary/aromatic N) is 3. The molecule has 0 unspecified atom stereocenters. The summed E-state index contributed by atoms with van der Waals surface area (Å²) >= 11 is 0. The summed E-state index contributed by atoms with van der Waals surface area (Å²) in [6.07, 6.45) is 2.41. The van der Waals surface area contributed by atoms with Gasteiger partial charge in [0, 0.05) is 43.9 Å². The normalized spacial score (nSPS) is 17.6. The van der Waals surface area contributed by atoms with Crippen LogP contribution >= 0.6 is 0 Å². The molecule has 1 aromatic heterocycles. The lowest BCUT2D eigenvalue weighted by Crippen LogP contribution is -2.25. The van der Waals surface area contributed by atoms with Gasteiger partial charge in [-0.2, -0.15) is 0 Å². The zero-order valence-corrected chi connectivity index (χ0v) is 13.6. The van der Waals surface area contributed by atoms with Gasteiger partial charge in [-0.1, -0.05) is 30.3 Å². The number of nitrogens with one attached hydrogen (secondary N) is 1. The molecular formula is C18H22N4O. The first-order valence-electron chi connectivity index (χ1n) is 7.97. The van der Waals surface area contributed by atoms with Crippen molar-refractivity contribution in [2.24, 2.45) is 5.92 Å². The Balaban J connectivity index is 1.54. The van der Waals surface area contributed by atoms with Gasteiger partial charge in [0.25, 0.3) is 0 Å². The lowest BCUT2D eigenvalue weighted by atomic mass is 10.1. The van der Waals surface area contributed by atoms with Gasteiger partial charge in [0.1, 0.15) is 0 Å². The highest BCUT2D eigenvalue weighted by Gasteiger charge is 2.29. The van der Waals surface area contributed by atoms with Crippen LogP contribution in [0.15, 0.2) is 36.5 Å². The van der Waals surface area contributed by atoms with E-state index < -0.39 is 0 Å². The van der Waals surface area contributed by atoms with E-state index in [4.69, 9.17) is 0 Å². The van der Waals surface area contributed by atoms with Crippen molar-refractivity contribution in [3.8, 4) is 0 Å². The molecule has 2 aromatic rings. The average Bonchev–Trinajstić information content (AvgIpc) is 2.89.